The van der Waals surface area contributed by atoms with Gasteiger partial charge in [-0.1, -0.05) is 36.5 Å². The standard InChI is InChI=1S/C12H18O/c1-11(2)7-9-12(3)8-5-4-6-10-13-12/h4-5,7,9H,1,6,8,10H2,2-3H3. The summed E-state index contributed by atoms with van der Waals surface area (Å²) in [4.78, 5) is 0. The Bertz CT molecular complexity index is 238. The van der Waals surface area contributed by atoms with Crippen LogP contribution in [0.1, 0.15) is 26.7 Å². The normalized spacial score (nSPS) is 29.1. The molecule has 0 amide bonds. The van der Waals surface area contributed by atoms with Crippen molar-refractivity contribution in [1.29, 1.82) is 0 Å². The van der Waals surface area contributed by atoms with E-state index in [1.54, 1.807) is 0 Å². The molecular formula is C12H18O. The third kappa shape index (κ3) is 3.60. The smallest absolute Gasteiger partial charge is 0.0871 e. The van der Waals surface area contributed by atoms with Crippen molar-refractivity contribution in [3.8, 4) is 0 Å². The molecule has 1 unspecified atom stereocenters. The molecule has 0 radical (unpaired) electrons. The first-order chi connectivity index (χ1) is 6.12. The van der Waals surface area contributed by atoms with Crippen molar-refractivity contribution in [2.24, 2.45) is 0 Å². The molecule has 0 bridgehead atoms. The molecule has 0 fully saturated rings. The molecule has 13 heavy (non-hydrogen) atoms. The second kappa shape index (κ2) is 4.43. The molecule has 72 valence electrons. The van der Waals surface area contributed by atoms with Gasteiger partial charge in [0.2, 0.25) is 0 Å². The van der Waals surface area contributed by atoms with Crippen molar-refractivity contribution < 1.29 is 4.74 Å². The summed E-state index contributed by atoms with van der Waals surface area (Å²) in [5.74, 6) is 0. The average Bonchev–Trinajstić information content (AvgIpc) is 2.28. The van der Waals surface area contributed by atoms with Gasteiger partial charge in [-0.3, -0.25) is 0 Å². The summed E-state index contributed by atoms with van der Waals surface area (Å²) < 4.78 is 5.75. The zero-order valence-electron chi connectivity index (χ0n) is 8.55. The molecule has 1 rings (SSSR count). The molecule has 1 heteroatoms. The minimum atomic E-state index is -0.133. The monoisotopic (exact) mass is 178 g/mol. The van der Waals surface area contributed by atoms with Gasteiger partial charge in [0, 0.05) is 0 Å². The molecule has 0 aromatic rings. The van der Waals surface area contributed by atoms with Crippen molar-refractivity contribution in [3.05, 3.63) is 36.5 Å². The first-order valence-corrected chi connectivity index (χ1v) is 4.76. The molecule has 1 atom stereocenters. The fraction of sp³-hybridized carbons (Fsp3) is 0.500. The summed E-state index contributed by atoms with van der Waals surface area (Å²) >= 11 is 0. The van der Waals surface area contributed by atoms with E-state index < -0.39 is 0 Å². The minimum Gasteiger partial charge on any atom is -0.371 e. The highest BCUT2D eigenvalue weighted by molar-refractivity contribution is 5.17. The fourth-order valence-corrected chi connectivity index (χ4v) is 1.29. The van der Waals surface area contributed by atoms with Gasteiger partial charge in [0.15, 0.2) is 0 Å². The Balaban J connectivity index is 2.62. The lowest BCUT2D eigenvalue weighted by molar-refractivity contribution is 0.0142. The zero-order chi connectivity index (χ0) is 9.73. The Hall–Kier alpha value is -0.820. The van der Waals surface area contributed by atoms with Crippen molar-refractivity contribution in [3.63, 3.8) is 0 Å². The molecule has 1 aliphatic rings. The zero-order valence-corrected chi connectivity index (χ0v) is 8.55. The van der Waals surface area contributed by atoms with E-state index in [-0.39, 0.29) is 5.60 Å². The van der Waals surface area contributed by atoms with E-state index in [9.17, 15) is 0 Å². The van der Waals surface area contributed by atoms with Crippen LogP contribution >= 0.6 is 0 Å². The van der Waals surface area contributed by atoms with Crippen LogP contribution < -0.4 is 0 Å². The highest BCUT2D eigenvalue weighted by Crippen LogP contribution is 2.21. The van der Waals surface area contributed by atoms with Crippen LogP contribution in [0.3, 0.4) is 0 Å². The van der Waals surface area contributed by atoms with Gasteiger partial charge in [-0.2, -0.15) is 0 Å². The number of rotatable bonds is 2. The third-order valence-electron chi connectivity index (χ3n) is 2.13. The fourth-order valence-electron chi connectivity index (χ4n) is 1.29. The maximum absolute atomic E-state index is 5.75. The Morgan fingerprint density at radius 3 is 3.00 bits per heavy atom. The Kier molecular flexibility index (Phi) is 3.49. The predicted molar refractivity (Wildman–Crippen MR) is 56.7 cm³/mol. The van der Waals surface area contributed by atoms with Gasteiger partial charge >= 0.3 is 0 Å². The van der Waals surface area contributed by atoms with Crippen molar-refractivity contribution in [2.75, 3.05) is 6.61 Å². The maximum Gasteiger partial charge on any atom is 0.0871 e. The second-order valence-electron chi connectivity index (χ2n) is 3.81. The van der Waals surface area contributed by atoms with Crippen LogP contribution in [0.5, 0.6) is 0 Å². The summed E-state index contributed by atoms with van der Waals surface area (Å²) in [5.41, 5.74) is 0.935. The molecule has 0 aliphatic carbocycles. The molecule has 0 saturated heterocycles. The van der Waals surface area contributed by atoms with E-state index in [1.807, 2.05) is 13.0 Å². The number of hydrogen-bond donors (Lipinski definition) is 0. The SMILES string of the molecule is C=C(C)C=CC1(C)CC=CCCO1. The topological polar surface area (TPSA) is 9.23 Å². The van der Waals surface area contributed by atoms with E-state index in [0.29, 0.717) is 0 Å². The summed E-state index contributed by atoms with van der Waals surface area (Å²) in [7, 11) is 0. The lowest BCUT2D eigenvalue weighted by Crippen LogP contribution is -2.24. The highest BCUT2D eigenvalue weighted by Gasteiger charge is 2.20. The quantitative estimate of drug-likeness (QED) is 0.466. The highest BCUT2D eigenvalue weighted by atomic mass is 16.5. The molecule has 1 aliphatic heterocycles. The van der Waals surface area contributed by atoms with Crippen LogP contribution in [-0.4, -0.2) is 12.2 Å². The summed E-state index contributed by atoms with van der Waals surface area (Å²) in [5, 5.41) is 0. The van der Waals surface area contributed by atoms with Gasteiger partial charge in [0.1, 0.15) is 0 Å². The van der Waals surface area contributed by atoms with Crippen molar-refractivity contribution in [1.82, 2.24) is 0 Å². The average molecular weight is 178 g/mol. The summed E-state index contributed by atoms with van der Waals surface area (Å²) in [6, 6.07) is 0. The summed E-state index contributed by atoms with van der Waals surface area (Å²) in [6.07, 6.45) is 10.5. The Morgan fingerprint density at radius 2 is 2.31 bits per heavy atom. The predicted octanol–water partition coefficient (Wildman–Crippen LogP) is 3.24. The maximum atomic E-state index is 5.75. The molecule has 0 N–H and O–H groups in total. The molecule has 1 nitrogen and oxygen atoms in total. The number of ether oxygens (including phenoxy) is 1. The number of allylic oxidation sites excluding steroid dienone is 2. The van der Waals surface area contributed by atoms with Crippen molar-refractivity contribution >= 4 is 0 Å². The molecule has 0 saturated carbocycles. The van der Waals surface area contributed by atoms with Crippen LogP contribution in [0.2, 0.25) is 0 Å². The Morgan fingerprint density at radius 1 is 1.54 bits per heavy atom. The second-order valence-corrected chi connectivity index (χ2v) is 3.81. The van der Waals surface area contributed by atoms with E-state index in [1.165, 1.54) is 0 Å². The van der Waals surface area contributed by atoms with Crippen LogP contribution in [0, 0.1) is 0 Å². The summed E-state index contributed by atoms with van der Waals surface area (Å²) in [6.45, 7) is 8.75. The third-order valence-corrected chi connectivity index (χ3v) is 2.13. The molecule has 1 heterocycles. The molecule has 0 aromatic carbocycles. The molecular weight excluding hydrogens is 160 g/mol. The Labute approximate surface area is 80.8 Å². The van der Waals surface area contributed by atoms with Gasteiger partial charge in [0.25, 0.3) is 0 Å². The van der Waals surface area contributed by atoms with Gasteiger partial charge in [0.05, 0.1) is 12.2 Å². The van der Waals surface area contributed by atoms with Crippen LogP contribution in [0.25, 0.3) is 0 Å². The van der Waals surface area contributed by atoms with Gasteiger partial charge < -0.3 is 4.74 Å². The number of hydrogen-bond acceptors (Lipinski definition) is 1. The van der Waals surface area contributed by atoms with Crippen LogP contribution in [0.15, 0.2) is 36.5 Å². The van der Waals surface area contributed by atoms with Gasteiger partial charge in [-0.25, -0.2) is 0 Å². The van der Waals surface area contributed by atoms with Gasteiger partial charge in [-0.05, 0) is 26.7 Å². The van der Waals surface area contributed by atoms with E-state index in [0.717, 1.165) is 25.0 Å². The van der Waals surface area contributed by atoms with Gasteiger partial charge in [-0.15, -0.1) is 0 Å². The lowest BCUT2D eigenvalue weighted by atomic mass is 10.0. The minimum absolute atomic E-state index is 0.133. The largest absolute Gasteiger partial charge is 0.371 e. The first kappa shape index (κ1) is 10.3. The van der Waals surface area contributed by atoms with E-state index in [4.69, 9.17) is 4.74 Å². The van der Waals surface area contributed by atoms with E-state index in [2.05, 4.69) is 31.7 Å². The van der Waals surface area contributed by atoms with Crippen LogP contribution in [0.4, 0.5) is 0 Å². The lowest BCUT2D eigenvalue weighted by Gasteiger charge is -2.23. The van der Waals surface area contributed by atoms with Crippen molar-refractivity contribution in [2.45, 2.75) is 32.3 Å². The molecule has 0 aromatic heterocycles. The van der Waals surface area contributed by atoms with E-state index >= 15 is 0 Å². The first-order valence-electron chi connectivity index (χ1n) is 4.76. The molecule has 0 spiro atoms. The van der Waals surface area contributed by atoms with Crippen LogP contribution in [-0.2, 0) is 4.74 Å².